The minimum absolute atomic E-state index is 0.390. The van der Waals surface area contributed by atoms with Crippen molar-refractivity contribution in [3.05, 3.63) is 0 Å². The molecule has 0 aromatic rings. The SMILES string of the molecule is CCCN[C@]1([P+](=O)NC(=O)NCC)CCCN(N)C1=O. The fourth-order valence-electron chi connectivity index (χ4n) is 2.10. The van der Waals surface area contributed by atoms with Crippen LogP contribution in [0.4, 0.5) is 4.79 Å². The zero-order valence-electron chi connectivity index (χ0n) is 11.9. The monoisotopic (exact) mass is 304 g/mol. The Morgan fingerprint density at radius 1 is 1.50 bits per heavy atom. The number of nitrogens with one attached hydrogen (secondary N) is 3. The van der Waals surface area contributed by atoms with Crippen molar-refractivity contribution in [3.63, 3.8) is 0 Å². The maximum Gasteiger partial charge on any atom is 0.496 e. The van der Waals surface area contributed by atoms with Crippen LogP contribution in [0.2, 0.25) is 0 Å². The van der Waals surface area contributed by atoms with Crippen LogP contribution in [0.5, 0.6) is 0 Å². The van der Waals surface area contributed by atoms with Crippen LogP contribution in [-0.4, -0.2) is 41.9 Å². The van der Waals surface area contributed by atoms with Gasteiger partial charge in [-0.05, 0) is 30.9 Å². The van der Waals surface area contributed by atoms with Crippen LogP contribution in [0.15, 0.2) is 0 Å². The summed E-state index contributed by atoms with van der Waals surface area (Å²) in [6.45, 7) is 5.07. The van der Waals surface area contributed by atoms with Gasteiger partial charge in [-0.15, -0.1) is 5.09 Å². The maximum absolute atomic E-state index is 12.5. The van der Waals surface area contributed by atoms with Gasteiger partial charge >= 0.3 is 25.2 Å². The second-order valence-electron chi connectivity index (χ2n) is 4.65. The van der Waals surface area contributed by atoms with Gasteiger partial charge in [0.05, 0.1) is 0 Å². The Balaban J connectivity index is 2.89. The molecule has 9 heteroatoms. The molecule has 0 spiro atoms. The Labute approximate surface area is 119 Å². The highest BCUT2D eigenvalue weighted by molar-refractivity contribution is 7.46. The number of hydrogen-bond donors (Lipinski definition) is 4. The molecule has 3 amide bonds. The van der Waals surface area contributed by atoms with Crippen molar-refractivity contribution < 1.29 is 14.2 Å². The van der Waals surface area contributed by atoms with E-state index < -0.39 is 25.2 Å². The first-order valence-corrected chi connectivity index (χ1v) is 8.07. The van der Waals surface area contributed by atoms with Crippen LogP contribution in [0.1, 0.15) is 33.1 Å². The molecule has 0 saturated carbocycles. The maximum atomic E-state index is 12.5. The van der Waals surface area contributed by atoms with Gasteiger partial charge in [0.25, 0.3) is 0 Å². The predicted octanol–water partition coefficient (Wildman–Crippen LogP) is 0.240. The molecule has 1 fully saturated rings. The summed E-state index contributed by atoms with van der Waals surface area (Å²) in [4.78, 5) is 23.8. The lowest BCUT2D eigenvalue weighted by Gasteiger charge is -2.32. The van der Waals surface area contributed by atoms with E-state index in [-0.39, 0.29) is 0 Å². The zero-order valence-corrected chi connectivity index (χ0v) is 12.8. The van der Waals surface area contributed by atoms with Gasteiger partial charge < -0.3 is 5.32 Å². The van der Waals surface area contributed by atoms with Crippen molar-refractivity contribution in [2.75, 3.05) is 19.6 Å². The number of hydrazine groups is 1. The average molecular weight is 304 g/mol. The quantitative estimate of drug-likeness (QED) is 0.319. The van der Waals surface area contributed by atoms with Crippen molar-refractivity contribution in [3.8, 4) is 0 Å². The first-order valence-electron chi connectivity index (χ1n) is 6.81. The molecule has 1 unspecified atom stereocenters. The van der Waals surface area contributed by atoms with Gasteiger partial charge in [0.15, 0.2) is 0 Å². The second kappa shape index (κ2) is 7.52. The van der Waals surface area contributed by atoms with Crippen LogP contribution in [0, 0.1) is 0 Å². The summed E-state index contributed by atoms with van der Waals surface area (Å²) in [5.74, 6) is 5.20. The van der Waals surface area contributed by atoms with E-state index >= 15 is 0 Å². The van der Waals surface area contributed by atoms with E-state index in [1.165, 1.54) is 0 Å². The number of carbonyl (C=O) groups is 2. The molecule has 1 saturated heterocycles. The molecule has 0 aliphatic carbocycles. The molecule has 0 aromatic carbocycles. The minimum atomic E-state index is -2.31. The van der Waals surface area contributed by atoms with Crippen LogP contribution in [-0.2, 0) is 9.36 Å². The molecule has 1 rings (SSSR count). The third kappa shape index (κ3) is 3.65. The minimum Gasteiger partial charge on any atom is -0.335 e. The van der Waals surface area contributed by atoms with Gasteiger partial charge in [0.1, 0.15) is 0 Å². The lowest BCUT2D eigenvalue weighted by atomic mass is 10.1. The zero-order chi connectivity index (χ0) is 15.2. The number of hydrogen-bond acceptors (Lipinski definition) is 5. The molecule has 1 heterocycles. The van der Waals surface area contributed by atoms with Gasteiger partial charge in [-0.3, -0.25) is 15.1 Å². The number of rotatable bonds is 6. The van der Waals surface area contributed by atoms with E-state index in [0.717, 1.165) is 11.4 Å². The van der Waals surface area contributed by atoms with Crippen molar-refractivity contribution in [1.29, 1.82) is 0 Å². The van der Waals surface area contributed by atoms with E-state index in [1.54, 1.807) is 6.92 Å². The average Bonchev–Trinajstić information content (AvgIpc) is 2.41. The largest absolute Gasteiger partial charge is 0.496 e. The number of urea groups is 1. The summed E-state index contributed by atoms with van der Waals surface area (Å²) in [5, 5.41) is 7.62. The normalized spacial score (nSPS) is 23.4. The second-order valence-corrected chi connectivity index (χ2v) is 6.23. The summed E-state index contributed by atoms with van der Waals surface area (Å²) < 4.78 is 12.5. The molecule has 1 aliphatic rings. The molecule has 0 aromatic heterocycles. The Morgan fingerprint density at radius 3 is 2.80 bits per heavy atom. The van der Waals surface area contributed by atoms with Crippen LogP contribution in [0.3, 0.4) is 0 Å². The first kappa shape index (κ1) is 16.8. The van der Waals surface area contributed by atoms with Crippen molar-refractivity contribution in [2.45, 2.75) is 38.4 Å². The van der Waals surface area contributed by atoms with Gasteiger partial charge in [-0.2, -0.15) is 0 Å². The smallest absolute Gasteiger partial charge is 0.335 e. The van der Waals surface area contributed by atoms with Gasteiger partial charge in [0, 0.05) is 19.5 Å². The van der Waals surface area contributed by atoms with E-state index in [2.05, 4.69) is 15.7 Å². The predicted molar refractivity (Wildman–Crippen MR) is 76.0 cm³/mol. The van der Waals surface area contributed by atoms with E-state index in [1.807, 2.05) is 6.92 Å². The summed E-state index contributed by atoms with van der Waals surface area (Å²) in [5.41, 5.74) is 0. The number of carbonyl (C=O) groups excluding carboxylic acids is 2. The molecule has 0 bridgehead atoms. The summed E-state index contributed by atoms with van der Waals surface area (Å²) >= 11 is 0. The molecule has 114 valence electrons. The van der Waals surface area contributed by atoms with Crippen molar-refractivity contribution in [2.24, 2.45) is 5.84 Å². The summed E-state index contributed by atoms with van der Waals surface area (Å²) in [6, 6.07) is -0.548. The molecular formula is C11H23N5O3P+. The third-order valence-corrected chi connectivity index (χ3v) is 4.78. The molecule has 20 heavy (non-hydrogen) atoms. The van der Waals surface area contributed by atoms with Gasteiger partial charge in [-0.25, -0.2) is 10.6 Å². The number of amides is 3. The Morgan fingerprint density at radius 2 is 2.20 bits per heavy atom. The number of piperidine rings is 1. The number of nitrogens with two attached hydrogens (primary N) is 1. The van der Waals surface area contributed by atoms with Crippen molar-refractivity contribution in [1.82, 2.24) is 20.7 Å². The van der Waals surface area contributed by atoms with Gasteiger partial charge in [-0.1, -0.05) is 6.92 Å². The van der Waals surface area contributed by atoms with Gasteiger partial charge in [0.2, 0.25) is 0 Å². The van der Waals surface area contributed by atoms with E-state index in [4.69, 9.17) is 5.84 Å². The van der Waals surface area contributed by atoms with Crippen molar-refractivity contribution >= 4 is 19.9 Å². The highest BCUT2D eigenvalue weighted by atomic mass is 31.1. The Hall–Kier alpha value is -1.24. The molecule has 8 nitrogen and oxygen atoms in total. The molecule has 2 atom stereocenters. The molecular weight excluding hydrogens is 281 g/mol. The summed E-state index contributed by atoms with van der Waals surface area (Å²) in [7, 11) is -2.31. The first-order chi connectivity index (χ1) is 9.47. The highest BCUT2D eigenvalue weighted by Crippen LogP contribution is 2.40. The van der Waals surface area contributed by atoms with Crippen LogP contribution in [0.25, 0.3) is 0 Å². The van der Waals surface area contributed by atoms with Crippen LogP contribution < -0.4 is 21.6 Å². The van der Waals surface area contributed by atoms with E-state index in [0.29, 0.717) is 32.5 Å². The topological polar surface area (TPSA) is 117 Å². The fourth-order valence-corrected chi connectivity index (χ4v) is 3.47. The standard InChI is InChI=1S/C11H22N5O3P/c1-3-7-14-11(6-5-8-16(12)9(11)17)20(19)15-10(18)13-4-2/h14H,3-8,12H2,1-2H3,(H-,13,15,18,19)/p+1/t11-/m0/s1. The Kier molecular flexibility index (Phi) is 6.32. The Bertz CT molecular complexity index is 392. The highest BCUT2D eigenvalue weighted by Gasteiger charge is 2.60. The number of nitrogens with zero attached hydrogens (tertiary/aromatic N) is 1. The van der Waals surface area contributed by atoms with Crippen LogP contribution >= 0.6 is 7.95 Å². The molecule has 0 radical (unpaired) electrons. The third-order valence-electron chi connectivity index (χ3n) is 3.11. The summed E-state index contributed by atoms with van der Waals surface area (Å²) in [6.07, 6.45) is 1.81. The fraction of sp³-hybridized carbons (Fsp3) is 0.818. The van der Waals surface area contributed by atoms with E-state index in [9.17, 15) is 14.2 Å². The lowest BCUT2D eigenvalue weighted by molar-refractivity contribution is -0.138. The lowest BCUT2D eigenvalue weighted by Crippen LogP contribution is -2.62. The molecule has 5 N–H and O–H groups in total. The molecule has 1 aliphatic heterocycles.